The number of pyridine rings is 1. The molecule has 70 valence electrons. The number of thioether (sulfide) groups is 1. The summed E-state index contributed by atoms with van der Waals surface area (Å²) < 4.78 is 0. The van der Waals surface area contributed by atoms with Gasteiger partial charge in [-0.25, -0.2) is 0 Å². The van der Waals surface area contributed by atoms with Crippen LogP contribution in [0.15, 0.2) is 53.7 Å². The molecule has 0 saturated heterocycles. The Hall–Kier alpha value is -1.28. The van der Waals surface area contributed by atoms with E-state index in [4.69, 9.17) is 0 Å². The number of rotatable bonds is 2. The van der Waals surface area contributed by atoms with Gasteiger partial charge in [0.15, 0.2) is 0 Å². The first-order valence-electron chi connectivity index (χ1n) is 4.44. The van der Waals surface area contributed by atoms with Gasteiger partial charge in [0.1, 0.15) is 0 Å². The van der Waals surface area contributed by atoms with Crippen molar-refractivity contribution in [2.75, 3.05) is 6.26 Å². The molecule has 0 aliphatic rings. The first kappa shape index (κ1) is 9.28. The monoisotopic (exact) mass is 201 g/mol. The Labute approximate surface area is 88.2 Å². The normalized spacial score (nSPS) is 10.1. The van der Waals surface area contributed by atoms with Crippen LogP contribution in [0.4, 0.5) is 0 Å². The first-order valence-corrected chi connectivity index (χ1v) is 5.67. The Balaban J connectivity index is 2.34. The summed E-state index contributed by atoms with van der Waals surface area (Å²) in [6.07, 6.45) is 5.72. The molecule has 0 radical (unpaired) electrons. The van der Waals surface area contributed by atoms with Crippen LogP contribution in [0.5, 0.6) is 0 Å². The molecule has 1 nitrogen and oxygen atoms in total. The Morgan fingerprint density at radius 2 is 1.43 bits per heavy atom. The molecule has 2 rings (SSSR count). The van der Waals surface area contributed by atoms with Gasteiger partial charge in [-0.05, 0) is 41.6 Å². The highest BCUT2D eigenvalue weighted by molar-refractivity contribution is 7.98. The molecule has 14 heavy (non-hydrogen) atoms. The van der Waals surface area contributed by atoms with Gasteiger partial charge in [-0.2, -0.15) is 0 Å². The topological polar surface area (TPSA) is 12.9 Å². The van der Waals surface area contributed by atoms with E-state index in [0.717, 1.165) is 0 Å². The molecule has 0 spiro atoms. The second-order valence-electron chi connectivity index (χ2n) is 2.96. The van der Waals surface area contributed by atoms with E-state index in [0.29, 0.717) is 0 Å². The largest absolute Gasteiger partial charge is 0.265 e. The molecular weight excluding hydrogens is 190 g/mol. The van der Waals surface area contributed by atoms with Gasteiger partial charge in [0.2, 0.25) is 0 Å². The average Bonchev–Trinajstić information content (AvgIpc) is 2.30. The van der Waals surface area contributed by atoms with Crippen molar-refractivity contribution in [1.82, 2.24) is 4.98 Å². The van der Waals surface area contributed by atoms with Crippen LogP contribution in [0.3, 0.4) is 0 Å². The zero-order chi connectivity index (χ0) is 9.80. The van der Waals surface area contributed by atoms with Crippen LogP contribution >= 0.6 is 11.8 Å². The standard InChI is InChI=1S/C12H11NS/c1-14-12-4-2-10(3-5-12)11-6-8-13-9-7-11/h2-9H,1H3. The number of hydrogen-bond acceptors (Lipinski definition) is 2. The lowest BCUT2D eigenvalue weighted by molar-refractivity contribution is 1.33. The number of benzene rings is 1. The number of hydrogen-bond donors (Lipinski definition) is 0. The van der Waals surface area contributed by atoms with Crippen molar-refractivity contribution in [1.29, 1.82) is 0 Å². The lowest BCUT2D eigenvalue weighted by atomic mass is 10.1. The van der Waals surface area contributed by atoms with Crippen LogP contribution in [0.1, 0.15) is 0 Å². The summed E-state index contributed by atoms with van der Waals surface area (Å²) in [5, 5.41) is 0. The van der Waals surface area contributed by atoms with Crippen molar-refractivity contribution >= 4 is 11.8 Å². The van der Waals surface area contributed by atoms with Crippen LogP contribution in [0.25, 0.3) is 11.1 Å². The summed E-state index contributed by atoms with van der Waals surface area (Å²) in [5.41, 5.74) is 2.46. The fourth-order valence-electron chi connectivity index (χ4n) is 1.33. The lowest BCUT2D eigenvalue weighted by Crippen LogP contribution is -1.78. The second-order valence-corrected chi connectivity index (χ2v) is 3.84. The van der Waals surface area contributed by atoms with Gasteiger partial charge < -0.3 is 0 Å². The summed E-state index contributed by atoms with van der Waals surface area (Å²) in [6.45, 7) is 0. The summed E-state index contributed by atoms with van der Waals surface area (Å²) in [4.78, 5) is 5.29. The van der Waals surface area contributed by atoms with Crippen molar-refractivity contribution in [2.45, 2.75) is 4.90 Å². The molecule has 0 bridgehead atoms. The van der Waals surface area contributed by atoms with Gasteiger partial charge in [0.25, 0.3) is 0 Å². The minimum atomic E-state index is 1.22. The minimum absolute atomic E-state index is 1.22. The number of aromatic nitrogens is 1. The Kier molecular flexibility index (Phi) is 2.84. The predicted molar refractivity (Wildman–Crippen MR) is 61.5 cm³/mol. The maximum Gasteiger partial charge on any atom is 0.0273 e. The van der Waals surface area contributed by atoms with Crippen molar-refractivity contribution in [3.8, 4) is 11.1 Å². The van der Waals surface area contributed by atoms with Crippen molar-refractivity contribution in [2.24, 2.45) is 0 Å². The summed E-state index contributed by atoms with van der Waals surface area (Å²) in [5.74, 6) is 0. The van der Waals surface area contributed by atoms with E-state index >= 15 is 0 Å². The zero-order valence-electron chi connectivity index (χ0n) is 7.97. The molecule has 0 aliphatic heterocycles. The maximum atomic E-state index is 4.00. The second kappa shape index (κ2) is 4.29. The van der Waals surface area contributed by atoms with E-state index in [-0.39, 0.29) is 0 Å². The SMILES string of the molecule is CSc1ccc(-c2ccncc2)cc1. The van der Waals surface area contributed by atoms with Crippen molar-refractivity contribution in [3.63, 3.8) is 0 Å². The molecule has 2 heteroatoms. The summed E-state index contributed by atoms with van der Waals surface area (Å²) >= 11 is 1.76. The third-order valence-electron chi connectivity index (χ3n) is 2.10. The van der Waals surface area contributed by atoms with E-state index < -0.39 is 0 Å². The molecule has 1 heterocycles. The van der Waals surface area contributed by atoms with Crippen molar-refractivity contribution < 1.29 is 0 Å². The third kappa shape index (κ3) is 1.96. The van der Waals surface area contributed by atoms with E-state index in [1.54, 1.807) is 11.8 Å². The maximum absolute atomic E-state index is 4.00. The molecular formula is C12H11NS. The predicted octanol–water partition coefficient (Wildman–Crippen LogP) is 3.47. The molecule has 0 saturated carbocycles. The molecule has 0 unspecified atom stereocenters. The fourth-order valence-corrected chi connectivity index (χ4v) is 1.74. The molecule has 2 aromatic rings. The highest BCUT2D eigenvalue weighted by atomic mass is 32.2. The molecule has 0 fully saturated rings. The van der Waals surface area contributed by atoms with Crippen LogP contribution in [-0.2, 0) is 0 Å². The molecule has 1 aromatic heterocycles. The van der Waals surface area contributed by atoms with Gasteiger partial charge in [-0.3, -0.25) is 4.98 Å². The van der Waals surface area contributed by atoms with Crippen LogP contribution in [-0.4, -0.2) is 11.2 Å². The minimum Gasteiger partial charge on any atom is -0.265 e. The summed E-state index contributed by atoms with van der Waals surface area (Å²) in [7, 11) is 0. The third-order valence-corrected chi connectivity index (χ3v) is 2.85. The molecule has 0 atom stereocenters. The van der Waals surface area contributed by atoms with E-state index in [1.165, 1.54) is 16.0 Å². The Morgan fingerprint density at radius 1 is 0.857 bits per heavy atom. The van der Waals surface area contributed by atoms with E-state index in [9.17, 15) is 0 Å². The van der Waals surface area contributed by atoms with Gasteiger partial charge in [-0.15, -0.1) is 11.8 Å². The van der Waals surface area contributed by atoms with Gasteiger partial charge in [0.05, 0.1) is 0 Å². The molecule has 0 N–H and O–H groups in total. The smallest absolute Gasteiger partial charge is 0.0273 e. The van der Waals surface area contributed by atoms with Crippen LogP contribution in [0.2, 0.25) is 0 Å². The molecule has 1 aromatic carbocycles. The number of nitrogens with zero attached hydrogens (tertiary/aromatic N) is 1. The Bertz CT molecular complexity index is 394. The average molecular weight is 201 g/mol. The van der Waals surface area contributed by atoms with E-state index in [2.05, 4.69) is 35.5 Å². The summed E-state index contributed by atoms with van der Waals surface area (Å²) in [6, 6.07) is 12.6. The zero-order valence-corrected chi connectivity index (χ0v) is 8.79. The van der Waals surface area contributed by atoms with Gasteiger partial charge in [0, 0.05) is 17.3 Å². The van der Waals surface area contributed by atoms with Gasteiger partial charge in [-0.1, -0.05) is 12.1 Å². The lowest BCUT2D eigenvalue weighted by Gasteiger charge is -2.01. The molecule has 0 amide bonds. The Morgan fingerprint density at radius 3 is 2.00 bits per heavy atom. The highest BCUT2D eigenvalue weighted by Crippen LogP contribution is 2.21. The van der Waals surface area contributed by atoms with Crippen LogP contribution < -0.4 is 0 Å². The van der Waals surface area contributed by atoms with Crippen LogP contribution in [0, 0.1) is 0 Å². The highest BCUT2D eigenvalue weighted by Gasteiger charge is 1.95. The van der Waals surface area contributed by atoms with Gasteiger partial charge >= 0.3 is 0 Å². The quantitative estimate of drug-likeness (QED) is 0.690. The van der Waals surface area contributed by atoms with Crippen molar-refractivity contribution in [3.05, 3.63) is 48.8 Å². The first-order chi connectivity index (χ1) is 6.90. The fraction of sp³-hybridized carbons (Fsp3) is 0.0833. The van der Waals surface area contributed by atoms with E-state index in [1.807, 2.05) is 24.5 Å². The molecule has 0 aliphatic carbocycles.